The summed E-state index contributed by atoms with van der Waals surface area (Å²) in [5, 5.41) is 15.1. The lowest BCUT2D eigenvalue weighted by molar-refractivity contribution is 0.102. The molecule has 96 valence electrons. The van der Waals surface area contributed by atoms with E-state index < -0.39 is 11.7 Å². The number of hydrogen-bond donors (Lipinski definition) is 2. The smallest absolute Gasteiger partial charge is 0.278 e. The van der Waals surface area contributed by atoms with E-state index in [0.29, 0.717) is 5.69 Å². The van der Waals surface area contributed by atoms with E-state index in [-0.39, 0.29) is 16.9 Å². The predicted molar refractivity (Wildman–Crippen MR) is 66.7 cm³/mol. The molecule has 3 N–H and O–H groups in total. The first kappa shape index (κ1) is 12.6. The Balaban J connectivity index is 2.25. The summed E-state index contributed by atoms with van der Waals surface area (Å²) in [6.45, 7) is 0. The predicted octanol–water partition coefficient (Wildman–Crippen LogP) is 1.27. The van der Waals surface area contributed by atoms with E-state index in [1.54, 1.807) is 13.1 Å². The summed E-state index contributed by atoms with van der Waals surface area (Å²) in [5.74, 6) is -1.16. The highest BCUT2D eigenvalue weighted by Gasteiger charge is 2.14. The third-order valence-corrected chi connectivity index (χ3v) is 2.42. The number of nitrogen functional groups attached to an aromatic ring is 1. The topological polar surface area (TPSA) is 96.7 Å². The molecule has 0 aliphatic heterocycles. The van der Waals surface area contributed by atoms with E-state index >= 15 is 0 Å². The van der Waals surface area contributed by atoms with Gasteiger partial charge in [0.1, 0.15) is 11.9 Å². The first-order valence-electron chi connectivity index (χ1n) is 5.31. The Morgan fingerprint density at radius 3 is 2.89 bits per heavy atom. The molecule has 0 aliphatic rings. The van der Waals surface area contributed by atoms with Crippen LogP contribution in [0, 0.1) is 17.1 Å². The van der Waals surface area contributed by atoms with Crippen LogP contribution in [0.15, 0.2) is 24.4 Å². The van der Waals surface area contributed by atoms with E-state index in [4.69, 9.17) is 11.0 Å². The van der Waals surface area contributed by atoms with Crippen molar-refractivity contribution in [3.05, 3.63) is 41.5 Å². The van der Waals surface area contributed by atoms with E-state index in [0.717, 1.165) is 6.07 Å². The maximum absolute atomic E-state index is 13.1. The lowest BCUT2D eigenvalue weighted by atomic mass is 10.2. The molecule has 0 saturated carbocycles. The molecule has 1 heterocycles. The molecular formula is C12H10FN5O. The Morgan fingerprint density at radius 2 is 2.32 bits per heavy atom. The summed E-state index contributed by atoms with van der Waals surface area (Å²) in [6, 6.07) is 5.40. The van der Waals surface area contributed by atoms with Crippen LogP contribution in [0.2, 0.25) is 0 Å². The first-order valence-corrected chi connectivity index (χ1v) is 5.31. The second kappa shape index (κ2) is 4.78. The zero-order valence-electron chi connectivity index (χ0n) is 10.0. The molecule has 7 heteroatoms. The van der Waals surface area contributed by atoms with Gasteiger partial charge in [0.05, 0.1) is 11.3 Å². The molecule has 1 aromatic carbocycles. The molecule has 0 saturated heterocycles. The number of carbonyl (C=O) groups excluding carboxylic acids is 1. The molecule has 1 aromatic heterocycles. The van der Waals surface area contributed by atoms with Crippen molar-refractivity contribution in [2.45, 2.75) is 0 Å². The Morgan fingerprint density at radius 1 is 1.58 bits per heavy atom. The number of rotatable bonds is 2. The van der Waals surface area contributed by atoms with Crippen LogP contribution in [0.1, 0.15) is 16.1 Å². The maximum Gasteiger partial charge on any atom is 0.278 e. The second-order valence-corrected chi connectivity index (χ2v) is 3.87. The molecular weight excluding hydrogens is 249 g/mol. The highest BCUT2D eigenvalue weighted by molar-refractivity contribution is 6.06. The molecule has 0 radical (unpaired) electrons. The molecule has 0 fully saturated rings. The Bertz CT molecular complexity index is 686. The van der Waals surface area contributed by atoms with Gasteiger partial charge in [0, 0.05) is 18.9 Å². The monoisotopic (exact) mass is 259 g/mol. The second-order valence-electron chi connectivity index (χ2n) is 3.87. The molecule has 19 heavy (non-hydrogen) atoms. The Labute approximate surface area is 108 Å². The van der Waals surface area contributed by atoms with Crippen LogP contribution < -0.4 is 11.1 Å². The average molecular weight is 259 g/mol. The Hall–Kier alpha value is -2.88. The summed E-state index contributed by atoms with van der Waals surface area (Å²) in [7, 11) is 1.64. The summed E-state index contributed by atoms with van der Waals surface area (Å²) < 4.78 is 14.5. The lowest BCUT2D eigenvalue weighted by Crippen LogP contribution is -2.14. The van der Waals surface area contributed by atoms with Crippen molar-refractivity contribution < 1.29 is 9.18 Å². The third kappa shape index (κ3) is 2.52. The minimum atomic E-state index is -0.641. The van der Waals surface area contributed by atoms with E-state index in [1.807, 2.05) is 0 Å². The van der Waals surface area contributed by atoms with E-state index in [2.05, 4.69) is 10.4 Å². The number of hydrogen-bond acceptors (Lipinski definition) is 4. The molecule has 0 spiro atoms. The highest BCUT2D eigenvalue weighted by atomic mass is 19.1. The number of aryl methyl sites for hydroxylation is 1. The van der Waals surface area contributed by atoms with Crippen LogP contribution in [-0.4, -0.2) is 15.7 Å². The molecule has 0 bridgehead atoms. The van der Waals surface area contributed by atoms with Gasteiger partial charge in [-0.25, -0.2) is 4.39 Å². The minimum Gasteiger partial charge on any atom is -0.396 e. The van der Waals surface area contributed by atoms with Crippen LogP contribution in [0.4, 0.5) is 15.8 Å². The zero-order valence-corrected chi connectivity index (χ0v) is 10.0. The number of nitrogens with one attached hydrogen (secondary N) is 1. The van der Waals surface area contributed by atoms with Crippen LogP contribution in [0.25, 0.3) is 0 Å². The fourth-order valence-electron chi connectivity index (χ4n) is 1.56. The zero-order chi connectivity index (χ0) is 14.0. The van der Waals surface area contributed by atoms with Crippen molar-refractivity contribution in [1.29, 1.82) is 5.26 Å². The third-order valence-electron chi connectivity index (χ3n) is 2.42. The molecule has 6 nitrogen and oxygen atoms in total. The van der Waals surface area contributed by atoms with E-state index in [1.165, 1.54) is 23.0 Å². The van der Waals surface area contributed by atoms with Crippen molar-refractivity contribution in [3.8, 4) is 6.07 Å². The van der Waals surface area contributed by atoms with Crippen molar-refractivity contribution in [2.24, 2.45) is 7.05 Å². The van der Waals surface area contributed by atoms with Gasteiger partial charge >= 0.3 is 0 Å². The number of nitriles is 1. The maximum atomic E-state index is 13.1. The molecule has 1 amide bonds. The van der Waals surface area contributed by atoms with Crippen molar-refractivity contribution in [2.75, 3.05) is 11.1 Å². The molecule has 0 atom stereocenters. The summed E-state index contributed by atoms with van der Waals surface area (Å²) >= 11 is 0. The lowest BCUT2D eigenvalue weighted by Gasteiger charge is -2.04. The number of carbonyl (C=O) groups is 1. The Kier molecular flexibility index (Phi) is 3.16. The van der Waals surface area contributed by atoms with Gasteiger partial charge in [-0.2, -0.15) is 10.4 Å². The summed E-state index contributed by atoms with van der Waals surface area (Å²) in [6.07, 6.45) is 1.50. The normalized spacial score (nSPS) is 9.95. The van der Waals surface area contributed by atoms with Crippen LogP contribution in [0.5, 0.6) is 0 Å². The molecule has 0 aliphatic carbocycles. The summed E-state index contributed by atoms with van der Waals surface area (Å²) in [5.41, 5.74) is 6.09. The van der Waals surface area contributed by atoms with Crippen molar-refractivity contribution in [1.82, 2.24) is 9.78 Å². The van der Waals surface area contributed by atoms with Crippen LogP contribution >= 0.6 is 0 Å². The van der Waals surface area contributed by atoms with Crippen molar-refractivity contribution in [3.63, 3.8) is 0 Å². The number of amides is 1. The SMILES string of the molecule is Cn1cc(N)c(C(=O)Nc2ccc(F)c(C#N)c2)n1. The number of nitrogens with two attached hydrogens (primary N) is 1. The van der Waals surface area contributed by atoms with Gasteiger partial charge in [-0.3, -0.25) is 9.48 Å². The molecule has 2 aromatic rings. The number of nitrogens with zero attached hydrogens (tertiary/aromatic N) is 3. The first-order chi connectivity index (χ1) is 9.01. The highest BCUT2D eigenvalue weighted by Crippen LogP contribution is 2.16. The van der Waals surface area contributed by atoms with Gasteiger partial charge in [-0.05, 0) is 18.2 Å². The molecule has 2 rings (SSSR count). The minimum absolute atomic E-state index is 0.0744. The largest absolute Gasteiger partial charge is 0.396 e. The average Bonchev–Trinajstić information content (AvgIpc) is 2.71. The van der Waals surface area contributed by atoms with Gasteiger partial charge in [0.2, 0.25) is 0 Å². The van der Waals surface area contributed by atoms with Gasteiger partial charge in [0.15, 0.2) is 5.69 Å². The number of halogens is 1. The fourth-order valence-corrected chi connectivity index (χ4v) is 1.56. The molecule has 0 unspecified atom stereocenters. The van der Waals surface area contributed by atoms with Gasteiger partial charge < -0.3 is 11.1 Å². The number of aromatic nitrogens is 2. The van der Waals surface area contributed by atoms with Gasteiger partial charge in [-0.1, -0.05) is 0 Å². The number of benzene rings is 1. The van der Waals surface area contributed by atoms with Crippen LogP contribution in [0.3, 0.4) is 0 Å². The quantitative estimate of drug-likeness (QED) is 0.848. The summed E-state index contributed by atoms with van der Waals surface area (Å²) in [4.78, 5) is 11.9. The van der Waals surface area contributed by atoms with Gasteiger partial charge in [-0.15, -0.1) is 0 Å². The van der Waals surface area contributed by atoms with Crippen molar-refractivity contribution >= 4 is 17.3 Å². The van der Waals surface area contributed by atoms with Gasteiger partial charge in [0.25, 0.3) is 5.91 Å². The standard InChI is InChI=1S/C12H10FN5O/c1-18-6-10(15)11(17-18)12(19)16-8-2-3-9(13)7(4-8)5-14/h2-4,6H,15H2,1H3,(H,16,19). The fraction of sp³-hybridized carbons (Fsp3) is 0.0833. The number of anilines is 2. The van der Waals surface area contributed by atoms with Crippen LogP contribution in [-0.2, 0) is 7.05 Å². The van der Waals surface area contributed by atoms with E-state index in [9.17, 15) is 9.18 Å².